The van der Waals surface area contributed by atoms with Crippen LogP contribution in [-0.2, 0) is 49.5 Å². The molecule has 16 heteroatoms. The van der Waals surface area contributed by atoms with Gasteiger partial charge in [-0.15, -0.1) is 0 Å². The number of aliphatic carboxylic acids is 1. The first-order valence-corrected chi connectivity index (χ1v) is 23.5. The Morgan fingerprint density at radius 3 is 2.24 bits per heavy atom. The summed E-state index contributed by atoms with van der Waals surface area (Å²) in [5.74, 6) is -1.23. The van der Waals surface area contributed by atoms with Crippen molar-refractivity contribution >= 4 is 50.9 Å². The van der Waals surface area contributed by atoms with E-state index >= 15 is 0 Å². The number of hydrogen-bond acceptors (Lipinski definition) is 9. The minimum Gasteiger partial charge on any atom is -0.481 e. The van der Waals surface area contributed by atoms with Gasteiger partial charge in [0.15, 0.2) is 5.71 Å². The molecular formula is C39H56N2O11PS2+. The molecule has 0 radical (unpaired) electrons. The van der Waals surface area contributed by atoms with Gasteiger partial charge < -0.3 is 19.1 Å². The lowest BCUT2D eigenvalue weighted by Crippen LogP contribution is -2.31. The second-order valence-corrected chi connectivity index (χ2v) is 20.0. The SMILES string of the molecule is CCOP(=O)(CCC1(C)C(=CC=CC2=[N+](CCCCCC(=O)O)c3ccc(C)cc3C2(C)C)N(CCCCS(=O)(=O)O)c2ccc(S(=O)(=O)O)cc21)OCC. The van der Waals surface area contributed by atoms with E-state index in [2.05, 4.69) is 43.5 Å². The molecule has 0 amide bonds. The molecule has 0 fully saturated rings. The normalized spacial score (nSPS) is 19.1. The number of anilines is 1. The Kier molecular flexibility index (Phi) is 14.5. The number of rotatable bonds is 21. The van der Waals surface area contributed by atoms with Crippen molar-refractivity contribution in [1.82, 2.24) is 0 Å². The van der Waals surface area contributed by atoms with Gasteiger partial charge in [0.2, 0.25) is 5.69 Å². The molecule has 2 heterocycles. The van der Waals surface area contributed by atoms with Gasteiger partial charge >= 0.3 is 13.6 Å². The Labute approximate surface area is 326 Å². The molecule has 2 aliphatic rings. The quantitative estimate of drug-likeness (QED) is 0.0481. The summed E-state index contributed by atoms with van der Waals surface area (Å²) in [6.07, 6.45) is 8.92. The predicted octanol–water partition coefficient (Wildman–Crippen LogP) is 7.81. The van der Waals surface area contributed by atoms with Crippen LogP contribution in [0.5, 0.6) is 0 Å². The second-order valence-electron chi connectivity index (χ2n) is 14.8. The Morgan fingerprint density at radius 1 is 0.927 bits per heavy atom. The Hall–Kier alpha value is -3.17. The molecule has 0 saturated carbocycles. The third kappa shape index (κ3) is 10.8. The molecule has 3 N–H and O–H groups in total. The van der Waals surface area contributed by atoms with Gasteiger partial charge in [0.25, 0.3) is 20.2 Å². The molecule has 0 bridgehead atoms. The number of hydrogen-bond donors (Lipinski definition) is 3. The summed E-state index contributed by atoms with van der Waals surface area (Å²) in [5.41, 5.74) is 4.98. The highest BCUT2D eigenvalue weighted by Crippen LogP contribution is 2.56. The summed E-state index contributed by atoms with van der Waals surface area (Å²) in [4.78, 5) is 12.8. The van der Waals surface area contributed by atoms with Crippen LogP contribution < -0.4 is 4.90 Å². The minimum absolute atomic E-state index is 0.00704. The van der Waals surface area contributed by atoms with E-state index in [4.69, 9.17) is 14.2 Å². The average molecular weight is 824 g/mol. The molecular weight excluding hydrogens is 768 g/mol. The van der Waals surface area contributed by atoms with Crippen molar-refractivity contribution in [3.05, 3.63) is 77.0 Å². The summed E-state index contributed by atoms with van der Waals surface area (Å²) >= 11 is 0. The lowest BCUT2D eigenvalue weighted by Gasteiger charge is -2.31. The lowest BCUT2D eigenvalue weighted by atomic mass is 9.78. The summed E-state index contributed by atoms with van der Waals surface area (Å²) in [5, 5.41) is 9.12. The van der Waals surface area contributed by atoms with Crippen molar-refractivity contribution in [2.24, 2.45) is 0 Å². The van der Waals surface area contributed by atoms with Crippen LogP contribution in [0.4, 0.5) is 11.4 Å². The fourth-order valence-corrected chi connectivity index (χ4v) is 10.6. The van der Waals surface area contributed by atoms with Gasteiger partial charge in [-0.1, -0.05) is 17.7 Å². The van der Waals surface area contributed by atoms with Gasteiger partial charge in [-0.3, -0.25) is 18.5 Å². The number of carboxylic acid groups (broad SMARTS) is 1. The van der Waals surface area contributed by atoms with Gasteiger partial charge in [-0.2, -0.15) is 21.4 Å². The number of aryl methyl sites for hydroxylation is 1. The van der Waals surface area contributed by atoms with Crippen molar-refractivity contribution < 1.29 is 54.0 Å². The maximum absolute atomic E-state index is 13.8. The van der Waals surface area contributed by atoms with E-state index in [9.17, 15) is 35.3 Å². The van der Waals surface area contributed by atoms with Crippen LogP contribution in [0.25, 0.3) is 0 Å². The predicted molar refractivity (Wildman–Crippen MR) is 214 cm³/mol. The van der Waals surface area contributed by atoms with E-state index in [1.165, 1.54) is 17.7 Å². The number of allylic oxidation sites excluding steroid dienone is 4. The zero-order valence-electron chi connectivity index (χ0n) is 32.7. The molecule has 2 aliphatic heterocycles. The summed E-state index contributed by atoms with van der Waals surface area (Å²) in [6, 6.07) is 10.7. The van der Waals surface area contributed by atoms with Crippen LogP contribution in [0.3, 0.4) is 0 Å². The highest BCUT2D eigenvalue weighted by atomic mass is 32.2. The average Bonchev–Trinajstić information content (AvgIpc) is 3.44. The smallest absolute Gasteiger partial charge is 0.330 e. The highest BCUT2D eigenvalue weighted by Gasteiger charge is 2.46. The molecule has 1 atom stereocenters. The Morgan fingerprint density at radius 2 is 1.62 bits per heavy atom. The van der Waals surface area contributed by atoms with Crippen LogP contribution in [0, 0.1) is 6.92 Å². The third-order valence-electron chi connectivity index (χ3n) is 10.4. The zero-order valence-corrected chi connectivity index (χ0v) is 35.2. The van der Waals surface area contributed by atoms with Crippen molar-refractivity contribution in [3.8, 4) is 0 Å². The minimum atomic E-state index is -4.59. The topological polar surface area (TPSA) is 188 Å². The number of carbonyl (C=O) groups is 1. The first-order chi connectivity index (χ1) is 25.7. The Bertz CT molecular complexity index is 2100. The molecule has 0 aliphatic carbocycles. The molecule has 1 unspecified atom stereocenters. The van der Waals surface area contributed by atoms with Crippen LogP contribution in [0.15, 0.2) is 65.2 Å². The summed E-state index contributed by atoms with van der Waals surface area (Å²) < 4.78 is 94.6. The molecule has 0 spiro atoms. The van der Waals surface area contributed by atoms with Crippen LogP contribution >= 0.6 is 7.60 Å². The molecule has 2 aromatic carbocycles. The number of carboxylic acids is 1. The molecule has 0 saturated heterocycles. The fourth-order valence-electron chi connectivity index (χ4n) is 7.65. The van der Waals surface area contributed by atoms with Crippen molar-refractivity contribution in [3.63, 3.8) is 0 Å². The standard InChI is InChI=1S/C39H55N2O11PS2/c1-7-51-53(44,52-8-2)25-22-39(6)32-28-30(55(48,49)50)19-21-34(32)41(24-12-13-26-54(45,46)47)36(39)16-14-15-35-38(4,5)31-27-29(3)18-20-33(31)40(35)23-11-9-10-17-37(42)43/h14-16,18-21,27-28H,7-13,17,22-26H2,1-6H3,(H2-,42,43,45,46,47,48,49,50)/p+1. The van der Waals surface area contributed by atoms with E-state index in [1.807, 2.05) is 30.1 Å². The van der Waals surface area contributed by atoms with Crippen LogP contribution in [-0.4, -0.2) is 85.5 Å². The van der Waals surface area contributed by atoms with Gasteiger partial charge in [-0.25, -0.2) is 0 Å². The van der Waals surface area contributed by atoms with Gasteiger partial charge in [-0.05, 0) is 110 Å². The number of fused-ring (bicyclic) bond motifs is 2. The molecule has 0 aromatic heterocycles. The van der Waals surface area contributed by atoms with E-state index in [-0.39, 0.29) is 48.9 Å². The van der Waals surface area contributed by atoms with E-state index in [0.717, 1.165) is 35.5 Å². The zero-order chi connectivity index (χ0) is 40.8. The van der Waals surface area contributed by atoms with Crippen molar-refractivity contribution in [2.75, 3.05) is 43.1 Å². The fraction of sp³-hybridized carbons (Fsp3) is 0.538. The highest BCUT2D eigenvalue weighted by molar-refractivity contribution is 7.86. The molecule has 55 heavy (non-hydrogen) atoms. The largest absolute Gasteiger partial charge is 0.481 e. The third-order valence-corrected chi connectivity index (χ3v) is 14.1. The molecule has 2 aromatic rings. The number of benzene rings is 2. The van der Waals surface area contributed by atoms with Crippen molar-refractivity contribution in [1.29, 1.82) is 0 Å². The summed E-state index contributed by atoms with van der Waals surface area (Å²) in [7, 11) is -12.3. The van der Waals surface area contributed by atoms with Gasteiger partial charge in [0.1, 0.15) is 6.54 Å². The molecule has 304 valence electrons. The van der Waals surface area contributed by atoms with E-state index in [1.54, 1.807) is 19.9 Å². The monoisotopic (exact) mass is 823 g/mol. The number of nitrogens with zero attached hydrogens (tertiary/aromatic N) is 2. The maximum Gasteiger partial charge on any atom is 0.330 e. The van der Waals surface area contributed by atoms with Crippen LogP contribution in [0.2, 0.25) is 0 Å². The van der Waals surface area contributed by atoms with Gasteiger partial charge in [0, 0.05) is 53.9 Å². The van der Waals surface area contributed by atoms with Crippen LogP contribution in [0.1, 0.15) is 96.3 Å². The second kappa shape index (κ2) is 18.0. The summed E-state index contributed by atoms with van der Waals surface area (Å²) in [6.45, 7) is 13.1. The first kappa shape index (κ1) is 44.5. The van der Waals surface area contributed by atoms with E-state index < -0.39 is 45.0 Å². The van der Waals surface area contributed by atoms with Gasteiger partial charge in [0.05, 0.1) is 35.4 Å². The Balaban J connectivity index is 1.86. The first-order valence-electron chi connectivity index (χ1n) is 18.8. The molecule has 4 rings (SSSR count). The van der Waals surface area contributed by atoms with Crippen molar-refractivity contribution in [2.45, 2.75) is 102 Å². The van der Waals surface area contributed by atoms with E-state index in [0.29, 0.717) is 37.2 Å². The number of unbranched alkanes of at least 4 members (excludes halogenated alkanes) is 3. The lowest BCUT2D eigenvalue weighted by molar-refractivity contribution is -0.438. The maximum atomic E-state index is 13.8. The molecule has 13 nitrogen and oxygen atoms in total.